The summed E-state index contributed by atoms with van der Waals surface area (Å²) in [5.74, 6) is 0. The maximum atomic E-state index is 4.36. The average molecular weight is 256 g/mol. The molecule has 4 heteroatoms. The molecular formula is C15H20N4. The van der Waals surface area contributed by atoms with Crippen molar-refractivity contribution in [2.45, 2.75) is 20.0 Å². The Morgan fingerprint density at radius 1 is 1.11 bits per heavy atom. The molecule has 0 aliphatic heterocycles. The van der Waals surface area contributed by atoms with Crippen LogP contribution in [0.3, 0.4) is 0 Å². The van der Waals surface area contributed by atoms with Crippen LogP contribution in [0, 0.1) is 0 Å². The summed E-state index contributed by atoms with van der Waals surface area (Å²) in [6.45, 7) is 4.65. The number of nitrogens with zero attached hydrogens (tertiary/aromatic N) is 3. The number of hydrogen-bond donors (Lipinski definition) is 1. The van der Waals surface area contributed by atoms with E-state index in [1.54, 1.807) is 0 Å². The first-order valence-corrected chi connectivity index (χ1v) is 6.56. The average Bonchev–Trinajstić information content (AvgIpc) is 2.46. The Morgan fingerprint density at radius 2 is 1.95 bits per heavy atom. The topological polar surface area (TPSA) is 41.0 Å². The minimum Gasteiger partial charge on any atom is -0.369 e. The van der Waals surface area contributed by atoms with Gasteiger partial charge >= 0.3 is 0 Å². The van der Waals surface area contributed by atoms with Crippen LogP contribution in [0.15, 0.2) is 42.7 Å². The van der Waals surface area contributed by atoms with Gasteiger partial charge in [-0.25, -0.2) is 0 Å². The van der Waals surface area contributed by atoms with Crippen LogP contribution >= 0.6 is 0 Å². The third-order valence-corrected chi connectivity index (χ3v) is 2.92. The van der Waals surface area contributed by atoms with E-state index in [2.05, 4.69) is 40.2 Å². The van der Waals surface area contributed by atoms with Crippen LogP contribution in [-0.2, 0) is 13.1 Å². The molecule has 0 spiro atoms. The molecule has 0 saturated carbocycles. The van der Waals surface area contributed by atoms with E-state index in [9.17, 15) is 0 Å². The lowest BCUT2D eigenvalue weighted by atomic mass is 10.2. The predicted octanol–water partition coefficient (Wildman–Crippen LogP) is 2.22. The van der Waals surface area contributed by atoms with E-state index in [0.717, 1.165) is 36.7 Å². The van der Waals surface area contributed by atoms with Crippen molar-refractivity contribution in [1.29, 1.82) is 0 Å². The zero-order valence-electron chi connectivity index (χ0n) is 11.5. The number of anilines is 1. The minimum absolute atomic E-state index is 0.797. The van der Waals surface area contributed by atoms with Gasteiger partial charge in [-0.3, -0.25) is 9.97 Å². The first-order valence-electron chi connectivity index (χ1n) is 6.56. The van der Waals surface area contributed by atoms with Crippen molar-refractivity contribution in [3.05, 3.63) is 54.1 Å². The molecule has 1 N–H and O–H groups in total. The lowest BCUT2D eigenvalue weighted by molar-refractivity contribution is 0.710. The van der Waals surface area contributed by atoms with Gasteiger partial charge in [0.2, 0.25) is 0 Å². The standard InChI is InChI=1S/C15H20N4/c1-3-16-11-14-10-15(7-9-18-14)19(2)12-13-6-4-5-8-17-13/h4-10,16H,3,11-12H2,1-2H3. The molecule has 0 saturated heterocycles. The monoisotopic (exact) mass is 256 g/mol. The second-order valence-electron chi connectivity index (χ2n) is 4.46. The van der Waals surface area contributed by atoms with Gasteiger partial charge in [0, 0.05) is 31.7 Å². The highest BCUT2D eigenvalue weighted by Crippen LogP contribution is 2.15. The first-order chi connectivity index (χ1) is 9.29. The van der Waals surface area contributed by atoms with Gasteiger partial charge in [0.05, 0.1) is 17.9 Å². The maximum Gasteiger partial charge on any atom is 0.0598 e. The Balaban J connectivity index is 2.04. The van der Waals surface area contributed by atoms with Gasteiger partial charge in [-0.2, -0.15) is 0 Å². The molecule has 0 amide bonds. The predicted molar refractivity (Wildman–Crippen MR) is 78.0 cm³/mol. The van der Waals surface area contributed by atoms with Crippen molar-refractivity contribution in [2.75, 3.05) is 18.5 Å². The van der Waals surface area contributed by atoms with Gasteiger partial charge < -0.3 is 10.2 Å². The third-order valence-electron chi connectivity index (χ3n) is 2.92. The second-order valence-corrected chi connectivity index (χ2v) is 4.46. The van der Waals surface area contributed by atoms with E-state index in [0.29, 0.717) is 0 Å². The van der Waals surface area contributed by atoms with Crippen molar-refractivity contribution >= 4 is 5.69 Å². The molecule has 0 bridgehead atoms. The van der Waals surface area contributed by atoms with E-state index in [4.69, 9.17) is 0 Å². The number of rotatable bonds is 6. The van der Waals surface area contributed by atoms with Crippen LogP contribution in [0.4, 0.5) is 5.69 Å². The highest BCUT2D eigenvalue weighted by atomic mass is 15.1. The zero-order valence-corrected chi connectivity index (χ0v) is 11.5. The second kappa shape index (κ2) is 6.85. The van der Waals surface area contributed by atoms with Gasteiger partial charge in [-0.05, 0) is 30.8 Å². The zero-order chi connectivity index (χ0) is 13.5. The van der Waals surface area contributed by atoms with Crippen molar-refractivity contribution in [3.8, 4) is 0 Å². The van der Waals surface area contributed by atoms with Crippen LogP contribution < -0.4 is 10.2 Å². The Kier molecular flexibility index (Phi) is 4.86. The molecule has 100 valence electrons. The molecule has 2 aromatic heterocycles. The van der Waals surface area contributed by atoms with Crippen molar-refractivity contribution in [1.82, 2.24) is 15.3 Å². The van der Waals surface area contributed by atoms with Gasteiger partial charge in [0.1, 0.15) is 0 Å². The molecule has 0 fully saturated rings. The Labute approximate surface area is 114 Å². The molecule has 2 heterocycles. The van der Waals surface area contributed by atoms with Crippen LogP contribution in [0.1, 0.15) is 18.3 Å². The van der Waals surface area contributed by atoms with Gasteiger partial charge in [-0.1, -0.05) is 13.0 Å². The quantitative estimate of drug-likeness (QED) is 0.860. The minimum atomic E-state index is 0.797. The van der Waals surface area contributed by atoms with Gasteiger partial charge in [0.15, 0.2) is 0 Å². The van der Waals surface area contributed by atoms with Crippen LogP contribution in [0.5, 0.6) is 0 Å². The summed E-state index contributed by atoms with van der Waals surface area (Å²) in [6, 6.07) is 10.1. The van der Waals surface area contributed by atoms with E-state index in [-0.39, 0.29) is 0 Å². The Bertz CT molecular complexity index is 499. The molecule has 0 unspecified atom stereocenters. The fourth-order valence-corrected chi connectivity index (χ4v) is 1.88. The highest BCUT2D eigenvalue weighted by molar-refractivity contribution is 5.45. The molecule has 0 radical (unpaired) electrons. The molecule has 0 aromatic carbocycles. The van der Waals surface area contributed by atoms with Crippen molar-refractivity contribution in [2.24, 2.45) is 0 Å². The molecule has 2 rings (SSSR count). The van der Waals surface area contributed by atoms with Gasteiger partial charge in [-0.15, -0.1) is 0 Å². The largest absolute Gasteiger partial charge is 0.369 e. The molecule has 0 atom stereocenters. The number of nitrogens with one attached hydrogen (secondary N) is 1. The molecular weight excluding hydrogens is 236 g/mol. The number of aromatic nitrogens is 2. The summed E-state index contributed by atoms with van der Waals surface area (Å²) in [4.78, 5) is 10.9. The molecule has 0 aliphatic rings. The van der Waals surface area contributed by atoms with Crippen LogP contribution in [0.2, 0.25) is 0 Å². The summed E-state index contributed by atoms with van der Waals surface area (Å²) in [7, 11) is 2.07. The first kappa shape index (κ1) is 13.5. The summed E-state index contributed by atoms with van der Waals surface area (Å²) >= 11 is 0. The SMILES string of the molecule is CCNCc1cc(N(C)Cc2ccccn2)ccn1. The highest BCUT2D eigenvalue weighted by Gasteiger charge is 2.04. The molecule has 2 aromatic rings. The van der Waals surface area contributed by atoms with Crippen molar-refractivity contribution in [3.63, 3.8) is 0 Å². The normalized spacial score (nSPS) is 10.4. The summed E-state index contributed by atoms with van der Waals surface area (Å²) in [5.41, 5.74) is 3.29. The Morgan fingerprint density at radius 3 is 2.68 bits per heavy atom. The van der Waals surface area contributed by atoms with E-state index in [1.165, 1.54) is 0 Å². The smallest absolute Gasteiger partial charge is 0.0598 e. The van der Waals surface area contributed by atoms with Crippen molar-refractivity contribution < 1.29 is 0 Å². The molecule has 4 nitrogen and oxygen atoms in total. The summed E-state index contributed by atoms with van der Waals surface area (Å²) < 4.78 is 0. The molecule has 0 aliphatic carbocycles. The molecule has 19 heavy (non-hydrogen) atoms. The number of hydrogen-bond acceptors (Lipinski definition) is 4. The fourth-order valence-electron chi connectivity index (χ4n) is 1.88. The Hall–Kier alpha value is -1.94. The van der Waals surface area contributed by atoms with Crippen LogP contribution in [0.25, 0.3) is 0 Å². The van der Waals surface area contributed by atoms with E-state index >= 15 is 0 Å². The maximum absolute atomic E-state index is 4.36. The third kappa shape index (κ3) is 4.03. The lowest BCUT2D eigenvalue weighted by Crippen LogP contribution is -2.18. The lowest BCUT2D eigenvalue weighted by Gasteiger charge is -2.19. The van der Waals surface area contributed by atoms with Gasteiger partial charge in [0.25, 0.3) is 0 Å². The fraction of sp³-hybridized carbons (Fsp3) is 0.333. The van der Waals surface area contributed by atoms with E-state index in [1.807, 2.05) is 36.7 Å². The summed E-state index contributed by atoms with van der Waals surface area (Å²) in [5, 5.41) is 3.29. The van der Waals surface area contributed by atoms with Crippen LogP contribution in [-0.4, -0.2) is 23.6 Å². The number of pyridine rings is 2. The summed E-state index contributed by atoms with van der Waals surface area (Å²) in [6.07, 6.45) is 3.68. The van der Waals surface area contributed by atoms with E-state index < -0.39 is 0 Å².